The maximum Gasteiger partial charge on any atom is 0.409 e. The SMILES string of the molecule is CCC1(F)C=CC(NC(=O)O)=CC1F. The zero-order valence-electron chi connectivity index (χ0n) is 7.63. The zero-order chi connectivity index (χ0) is 10.8. The molecule has 0 aromatic rings. The molecule has 0 aliphatic heterocycles. The van der Waals surface area contributed by atoms with E-state index in [1.807, 2.05) is 5.32 Å². The first kappa shape index (κ1) is 10.7. The second-order valence-corrected chi connectivity index (χ2v) is 3.07. The molecule has 0 saturated heterocycles. The molecule has 0 fully saturated rings. The fraction of sp³-hybridized carbons (Fsp3) is 0.444. The van der Waals surface area contributed by atoms with Gasteiger partial charge in [0.15, 0.2) is 11.8 Å². The van der Waals surface area contributed by atoms with Gasteiger partial charge in [-0.1, -0.05) is 6.92 Å². The van der Waals surface area contributed by atoms with Crippen molar-refractivity contribution in [2.45, 2.75) is 25.2 Å². The van der Waals surface area contributed by atoms with Gasteiger partial charge in [0.25, 0.3) is 0 Å². The van der Waals surface area contributed by atoms with E-state index < -0.39 is 17.9 Å². The predicted molar refractivity (Wildman–Crippen MR) is 47.4 cm³/mol. The molecule has 1 rings (SSSR count). The van der Waals surface area contributed by atoms with Crippen molar-refractivity contribution in [2.75, 3.05) is 0 Å². The molecule has 78 valence electrons. The lowest BCUT2D eigenvalue weighted by Crippen LogP contribution is -2.35. The van der Waals surface area contributed by atoms with E-state index in [0.29, 0.717) is 0 Å². The third-order valence-electron chi connectivity index (χ3n) is 2.12. The molecule has 0 spiro atoms. The van der Waals surface area contributed by atoms with Crippen molar-refractivity contribution in [3.63, 3.8) is 0 Å². The Kier molecular flexibility index (Phi) is 2.88. The van der Waals surface area contributed by atoms with E-state index >= 15 is 0 Å². The van der Waals surface area contributed by atoms with Crippen LogP contribution in [0.1, 0.15) is 13.3 Å². The van der Waals surface area contributed by atoms with Gasteiger partial charge in [0.1, 0.15) is 0 Å². The molecule has 2 atom stereocenters. The number of hydrogen-bond acceptors (Lipinski definition) is 1. The highest BCUT2D eigenvalue weighted by molar-refractivity contribution is 5.68. The fourth-order valence-electron chi connectivity index (χ4n) is 1.19. The summed E-state index contributed by atoms with van der Waals surface area (Å²) in [4.78, 5) is 10.2. The quantitative estimate of drug-likeness (QED) is 0.722. The highest BCUT2D eigenvalue weighted by Gasteiger charge is 2.36. The Balaban J connectivity index is 2.76. The first-order valence-electron chi connectivity index (χ1n) is 4.22. The summed E-state index contributed by atoms with van der Waals surface area (Å²) in [6.07, 6.45) is 0.116. The number of nitrogens with one attached hydrogen (secondary N) is 1. The average Bonchev–Trinajstić information content (AvgIpc) is 2.11. The number of rotatable bonds is 2. The van der Waals surface area contributed by atoms with E-state index in [1.54, 1.807) is 0 Å². The van der Waals surface area contributed by atoms with Gasteiger partial charge in [-0.2, -0.15) is 0 Å². The molecule has 0 heterocycles. The Hall–Kier alpha value is -1.39. The third kappa shape index (κ3) is 2.10. The van der Waals surface area contributed by atoms with Crippen LogP contribution in [0.25, 0.3) is 0 Å². The monoisotopic (exact) mass is 203 g/mol. The lowest BCUT2D eigenvalue weighted by Gasteiger charge is -2.25. The molecule has 0 bridgehead atoms. The first-order valence-corrected chi connectivity index (χ1v) is 4.22. The van der Waals surface area contributed by atoms with Crippen molar-refractivity contribution in [1.29, 1.82) is 0 Å². The van der Waals surface area contributed by atoms with Crippen LogP contribution in [0.2, 0.25) is 0 Å². The van der Waals surface area contributed by atoms with Crippen LogP contribution in [-0.2, 0) is 0 Å². The minimum atomic E-state index is -2.01. The van der Waals surface area contributed by atoms with Gasteiger partial charge in [0.2, 0.25) is 0 Å². The summed E-state index contributed by atoms with van der Waals surface area (Å²) in [6, 6.07) is 0. The van der Waals surface area contributed by atoms with Gasteiger partial charge < -0.3 is 5.11 Å². The van der Waals surface area contributed by atoms with Crippen molar-refractivity contribution in [1.82, 2.24) is 5.32 Å². The van der Waals surface area contributed by atoms with E-state index in [4.69, 9.17) is 5.11 Å². The molecule has 1 aliphatic carbocycles. The van der Waals surface area contributed by atoms with Gasteiger partial charge in [-0.15, -0.1) is 0 Å². The molecule has 5 heteroatoms. The Morgan fingerprint density at radius 3 is 2.86 bits per heavy atom. The summed E-state index contributed by atoms with van der Waals surface area (Å²) in [7, 11) is 0. The molecule has 2 N–H and O–H groups in total. The molecule has 1 aliphatic rings. The van der Waals surface area contributed by atoms with Crippen LogP contribution in [0, 0.1) is 0 Å². The molecule has 3 nitrogen and oxygen atoms in total. The number of halogens is 2. The van der Waals surface area contributed by atoms with Gasteiger partial charge in [-0.25, -0.2) is 13.6 Å². The summed E-state index contributed by atoms with van der Waals surface area (Å²) >= 11 is 0. The van der Waals surface area contributed by atoms with Crippen LogP contribution in [-0.4, -0.2) is 23.0 Å². The topological polar surface area (TPSA) is 49.3 Å². The largest absolute Gasteiger partial charge is 0.465 e. The number of alkyl halides is 2. The smallest absolute Gasteiger partial charge is 0.409 e. The molecular weight excluding hydrogens is 192 g/mol. The molecule has 0 aromatic heterocycles. The Morgan fingerprint density at radius 2 is 2.43 bits per heavy atom. The normalized spacial score (nSPS) is 31.1. The Labute approximate surface area is 80.1 Å². The number of allylic oxidation sites excluding steroid dienone is 3. The summed E-state index contributed by atoms with van der Waals surface area (Å²) in [6.45, 7) is 1.53. The zero-order valence-corrected chi connectivity index (χ0v) is 7.63. The van der Waals surface area contributed by atoms with Crippen LogP contribution in [0.3, 0.4) is 0 Å². The highest BCUT2D eigenvalue weighted by atomic mass is 19.2. The molecule has 0 radical (unpaired) electrons. The number of hydrogen-bond donors (Lipinski definition) is 2. The second-order valence-electron chi connectivity index (χ2n) is 3.07. The second kappa shape index (κ2) is 3.77. The fourth-order valence-corrected chi connectivity index (χ4v) is 1.19. The lowest BCUT2D eigenvalue weighted by molar-refractivity contribution is 0.119. The number of carbonyl (C=O) groups is 1. The van der Waals surface area contributed by atoms with E-state index in [9.17, 15) is 13.6 Å². The summed E-state index contributed by atoms with van der Waals surface area (Å²) in [5.74, 6) is 0. The number of amides is 1. The van der Waals surface area contributed by atoms with E-state index in [2.05, 4.69) is 0 Å². The number of carboxylic acid groups (broad SMARTS) is 1. The standard InChI is InChI=1S/C9H11F2NO2/c1-2-9(11)4-3-6(5-7(9)10)12-8(13)14/h3-5,7,12H,2H2,1H3,(H,13,14). The highest BCUT2D eigenvalue weighted by Crippen LogP contribution is 2.30. The van der Waals surface area contributed by atoms with Crippen molar-refractivity contribution in [3.05, 3.63) is 23.9 Å². The molecule has 2 unspecified atom stereocenters. The summed E-state index contributed by atoms with van der Waals surface area (Å²) in [5, 5.41) is 10.3. The van der Waals surface area contributed by atoms with Gasteiger partial charge in [-0.05, 0) is 24.6 Å². The van der Waals surface area contributed by atoms with Crippen LogP contribution in [0.5, 0.6) is 0 Å². The molecule has 0 saturated carbocycles. The van der Waals surface area contributed by atoms with Crippen LogP contribution in [0.4, 0.5) is 13.6 Å². The Morgan fingerprint density at radius 1 is 1.79 bits per heavy atom. The predicted octanol–water partition coefficient (Wildman–Crippen LogP) is 2.16. The summed E-state index contributed by atoms with van der Waals surface area (Å²) < 4.78 is 26.7. The average molecular weight is 203 g/mol. The maximum absolute atomic E-state index is 13.5. The van der Waals surface area contributed by atoms with Crippen molar-refractivity contribution >= 4 is 6.09 Å². The molecule has 1 amide bonds. The van der Waals surface area contributed by atoms with E-state index in [-0.39, 0.29) is 12.1 Å². The third-order valence-corrected chi connectivity index (χ3v) is 2.12. The van der Waals surface area contributed by atoms with Crippen molar-refractivity contribution < 1.29 is 18.7 Å². The van der Waals surface area contributed by atoms with E-state index in [1.165, 1.54) is 13.0 Å². The maximum atomic E-state index is 13.5. The molecular formula is C9H11F2NO2. The van der Waals surface area contributed by atoms with Gasteiger partial charge in [0, 0.05) is 5.70 Å². The molecule has 14 heavy (non-hydrogen) atoms. The first-order chi connectivity index (χ1) is 6.48. The summed E-state index contributed by atoms with van der Waals surface area (Å²) in [5.41, 5.74) is -1.95. The van der Waals surface area contributed by atoms with Gasteiger partial charge >= 0.3 is 6.09 Å². The van der Waals surface area contributed by atoms with E-state index in [0.717, 1.165) is 12.2 Å². The van der Waals surface area contributed by atoms with Crippen molar-refractivity contribution in [2.24, 2.45) is 0 Å². The van der Waals surface area contributed by atoms with Gasteiger partial charge in [-0.3, -0.25) is 5.32 Å². The minimum absolute atomic E-state index is 0.0154. The Bertz CT molecular complexity index is 301. The van der Waals surface area contributed by atoms with Crippen LogP contribution < -0.4 is 5.32 Å². The van der Waals surface area contributed by atoms with Crippen molar-refractivity contribution in [3.8, 4) is 0 Å². The minimum Gasteiger partial charge on any atom is -0.465 e. The van der Waals surface area contributed by atoms with Crippen LogP contribution >= 0.6 is 0 Å². The lowest BCUT2D eigenvalue weighted by atomic mass is 9.92. The van der Waals surface area contributed by atoms with Crippen LogP contribution in [0.15, 0.2) is 23.9 Å². The van der Waals surface area contributed by atoms with Gasteiger partial charge in [0.05, 0.1) is 0 Å². The molecule has 0 aromatic carbocycles.